The van der Waals surface area contributed by atoms with E-state index in [1.807, 2.05) is 23.1 Å². The summed E-state index contributed by atoms with van der Waals surface area (Å²) in [6.45, 7) is 0.468. The molecule has 0 fully saturated rings. The molecule has 39 heavy (non-hydrogen) atoms. The Morgan fingerprint density at radius 1 is 1.05 bits per heavy atom. The Morgan fingerprint density at radius 2 is 1.74 bits per heavy atom. The van der Waals surface area contributed by atoms with E-state index in [4.69, 9.17) is 0 Å². The second-order valence-corrected chi connectivity index (χ2v) is 9.85. The van der Waals surface area contributed by atoms with E-state index < -0.39 is 23.7 Å². The smallest absolute Gasteiger partial charge is 0.326 e. The van der Waals surface area contributed by atoms with Crippen LogP contribution in [0.3, 0.4) is 0 Å². The van der Waals surface area contributed by atoms with Gasteiger partial charge in [0.1, 0.15) is 17.7 Å². The number of aliphatic carboxylic acids is 1. The van der Waals surface area contributed by atoms with Crippen LogP contribution < -0.4 is 5.32 Å². The molecule has 1 aromatic heterocycles. The molecule has 0 aliphatic heterocycles. The zero-order valence-corrected chi connectivity index (χ0v) is 22.0. The summed E-state index contributed by atoms with van der Waals surface area (Å²) in [4.78, 5) is 29.1. The molecule has 2 N–H and O–H groups in total. The lowest BCUT2D eigenvalue weighted by Gasteiger charge is -2.17. The number of halogens is 2. The van der Waals surface area contributed by atoms with Crippen molar-refractivity contribution in [2.75, 3.05) is 12.0 Å². The maximum atomic E-state index is 13.7. The SMILES string of the molecule is CSCC[C@H](NC(=O)c1ccc(/C=C(/Cn2ccnc2)c2ccc(F)cc2)cc1-c1ccc(F)cc1)C(=O)O. The van der Waals surface area contributed by atoms with E-state index in [0.717, 1.165) is 16.7 Å². The second-order valence-electron chi connectivity index (χ2n) is 8.87. The molecule has 0 aliphatic carbocycles. The lowest BCUT2D eigenvalue weighted by atomic mass is 9.94. The highest BCUT2D eigenvalue weighted by Crippen LogP contribution is 2.29. The van der Waals surface area contributed by atoms with Gasteiger partial charge in [-0.2, -0.15) is 11.8 Å². The Kier molecular flexibility index (Phi) is 9.27. The number of rotatable bonds is 11. The molecule has 0 bridgehead atoms. The number of allylic oxidation sites excluding steroid dienone is 1. The second kappa shape index (κ2) is 13.0. The Bertz CT molecular complexity index is 1450. The molecule has 6 nitrogen and oxygen atoms in total. The summed E-state index contributed by atoms with van der Waals surface area (Å²) in [6, 6.07) is 16.1. The first kappa shape index (κ1) is 27.8. The Labute approximate surface area is 229 Å². The van der Waals surface area contributed by atoms with E-state index in [0.29, 0.717) is 23.4 Å². The molecule has 1 heterocycles. The van der Waals surface area contributed by atoms with Crippen molar-refractivity contribution in [3.63, 3.8) is 0 Å². The molecule has 0 spiro atoms. The predicted molar refractivity (Wildman–Crippen MR) is 150 cm³/mol. The number of benzene rings is 3. The number of carbonyl (C=O) groups is 2. The molecular formula is C30H27F2N3O3S. The van der Waals surface area contributed by atoms with Gasteiger partial charge in [-0.25, -0.2) is 18.6 Å². The van der Waals surface area contributed by atoms with Crippen LogP contribution in [0.2, 0.25) is 0 Å². The van der Waals surface area contributed by atoms with Gasteiger partial charge in [0.15, 0.2) is 0 Å². The minimum atomic E-state index is -1.11. The molecule has 0 aliphatic rings. The monoisotopic (exact) mass is 547 g/mol. The lowest BCUT2D eigenvalue weighted by Crippen LogP contribution is -2.41. The number of imidazole rings is 1. The van der Waals surface area contributed by atoms with Crippen molar-refractivity contribution in [2.45, 2.75) is 19.0 Å². The number of carboxylic acids is 1. The number of carboxylic acid groups (broad SMARTS) is 1. The number of hydrogen-bond donors (Lipinski definition) is 2. The highest BCUT2D eigenvalue weighted by Gasteiger charge is 2.22. The number of nitrogens with one attached hydrogen (secondary N) is 1. The number of hydrogen-bond acceptors (Lipinski definition) is 4. The molecule has 4 aromatic rings. The fourth-order valence-electron chi connectivity index (χ4n) is 4.11. The lowest BCUT2D eigenvalue weighted by molar-refractivity contribution is -0.139. The van der Waals surface area contributed by atoms with Crippen molar-refractivity contribution in [1.29, 1.82) is 0 Å². The average Bonchev–Trinajstić information content (AvgIpc) is 3.44. The molecule has 0 saturated carbocycles. The number of amides is 1. The van der Waals surface area contributed by atoms with Crippen molar-refractivity contribution in [2.24, 2.45) is 0 Å². The summed E-state index contributed by atoms with van der Waals surface area (Å²) >= 11 is 1.50. The van der Waals surface area contributed by atoms with Crippen molar-refractivity contribution in [3.05, 3.63) is 114 Å². The fourth-order valence-corrected chi connectivity index (χ4v) is 4.58. The normalized spacial score (nSPS) is 12.2. The Balaban J connectivity index is 1.76. The van der Waals surface area contributed by atoms with E-state index in [2.05, 4.69) is 10.3 Å². The van der Waals surface area contributed by atoms with Crippen LogP contribution in [0, 0.1) is 11.6 Å². The third kappa shape index (κ3) is 7.42. The van der Waals surface area contributed by atoms with Crippen LogP contribution in [0.15, 0.2) is 85.5 Å². The molecule has 1 atom stereocenters. The Hall–Kier alpha value is -4.24. The van der Waals surface area contributed by atoms with E-state index in [1.165, 1.54) is 36.0 Å². The molecule has 0 saturated heterocycles. The minimum Gasteiger partial charge on any atom is -0.480 e. The van der Waals surface area contributed by atoms with Crippen LogP contribution in [0.1, 0.15) is 27.9 Å². The van der Waals surface area contributed by atoms with E-state index in [9.17, 15) is 23.5 Å². The standard InChI is InChI=1S/C30H27F2N3O3S/c1-39-15-12-28(30(37)38)34-29(36)26-11-2-20(17-27(26)22-5-9-25(32)10-6-22)16-23(18-35-14-13-33-19-35)21-3-7-24(31)8-4-21/h2-11,13-14,16-17,19,28H,12,15,18H2,1H3,(H,34,36)(H,37,38)/b23-16-/t28-/m0/s1. The number of thioether (sulfide) groups is 1. The van der Waals surface area contributed by atoms with Gasteiger partial charge in [-0.15, -0.1) is 0 Å². The highest BCUT2D eigenvalue weighted by molar-refractivity contribution is 7.98. The summed E-state index contributed by atoms with van der Waals surface area (Å²) < 4.78 is 29.2. The van der Waals surface area contributed by atoms with Gasteiger partial charge >= 0.3 is 5.97 Å². The summed E-state index contributed by atoms with van der Waals surface area (Å²) in [5.74, 6) is -1.82. The zero-order valence-electron chi connectivity index (χ0n) is 21.2. The van der Waals surface area contributed by atoms with Gasteiger partial charge in [-0.1, -0.05) is 30.3 Å². The van der Waals surface area contributed by atoms with Gasteiger partial charge < -0.3 is 15.0 Å². The highest BCUT2D eigenvalue weighted by atomic mass is 32.2. The number of aromatic nitrogens is 2. The van der Waals surface area contributed by atoms with E-state index >= 15 is 0 Å². The van der Waals surface area contributed by atoms with Crippen molar-refractivity contribution in [1.82, 2.24) is 14.9 Å². The van der Waals surface area contributed by atoms with E-state index in [1.54, 1.807) is 55.0 Å². The van der Waals surface area contributed by atoms with Crippen molar-refractivity contribution >= 4 is 35.3 Å². The quantitative estimate of drug-likeness (QED) is 0.225. The predicted octanol–water partition coefficient (Wildman–Crippen LogP) is 6.01. The summed E-state index contributed by atoms with van der Waals surface area (Å²) in [7, 11) is 0. The number of nitrogens with zero attached hydrogens (tertiary/aromatic N) is 2. The summed E-state index contributed by atoms with van der Waals surface area (Å²) in [5.41, 5.74) is 3.84. The topological polar surface area (TPSA) is 84.2 Å². The van der Waals surface area contributed by atoms with Crippen molar-refractivity contribution < 1.29 is 23.5 Å². The van der Waals surface area contributed by atoms with Gasteiger partial charge in [0.25, 0.3) is 5.91 Å². The zero-order chi connectivity index (χ0) is 27.8. The van der Waals surface area contributed by atoms with Crippen LogP contribution >= 0.6 is 11.8 Å². The average molecular weight is 548 g/mol. The van der Waals surface area contributed by atoms with Crippen LogP contribution in [-0.4, -0.2) is 44.6 Å². The maximum absolute atomic E-state index is 13.7. The maximum Gasteiger partial charge on any atom is 0.326 e. The van der Waals surface area contributed by atoms with Crippen LogP contribution in [-0.2, 0) is 11.3 Å². The first-order chi connectivity index (χ1) is 18.8. The minimum absolute atomic E-state index is 0.270. The Morgan fingerprint density at radius 3 is 2.36 bits per heavy atom. The van der Waals surface area contributed by atoms with Gasteiger partial charge in [0, 0.05) is 24.5 Å². The first-order valence-corrected chi connectivity index (χ1v) is 13.6. The van der Waals surface area contributed by atoms with Crippen molar-refractivity contribution in [3.8, 4) is 11.1 Å². The summed E-state index contributed by atoms with van der Waals surface area (Å²) in [6.07, 6.45) is 9.26. The molecule has 200 valence electrons. The fraction of sp³-hybridized carbons (Fsp3) is 0.167. The molecule has 4 rings (SSSR count). The number of carbonyl (C=O) groups excluding carboxylic acids is 1. The van der Waals surface area contributed by atoms with Gasteiger partial charge in [0.05, 0.1) is 6.33 Å². The first-order valence-electron chi connectivity index (χ1n) is 12.2. The van der Waals surface area contributed by atoms with Gasteiger partial charge in [0.2, 0.25) is 0 Å². The molecule has 3 aromatic carbocycles. The van der Waals surface area contributed by atoms with Gasteiger partial charge in [-0.05, 0) is 88.7 Å². The molecule has 9 heteroatoms. The molecule has 0 radical (unpaired) electrons. The molecular weight excluding hydrogens is 520 g/mol. The third-order valence-corrected chi connectivity index (χ3v) is 6.77. The third-order valence-electron chi connectivity index (χ3n) is 6.13. The van der Waals surface area contributed by atoms with Crippen LogP contribution in [0.25, 0.3) is 22.8 Å². The van der Waals surface area contributed by atoms with Crippen LogP contribution in [0.4, 0.5) is 8.78 Å². The molecule has 1 amide bonds. The molecule has 0 unspecified atom stereocenters. The van der Waals surface area contributed by atoms with Gasteiger partial charge in [-0.3, -0.25) is 4.79 Å². The van der Waals surface area contributed by atoms with Crippen LogP contribution in [0.5, 0.6) is 0 Å². The summed E-state index contributed by atoms with van der Waals surface area (Å²) in [5, 5.41) is 12.2. The van der Waals surface area contributed by atoms with E-state index in [-0.39, 0.29) is 17.8 Å². The largest absolute Gasteiger partial charge is 0.480 e.